The van der Waals surface area contributed by atoms with Gasteiger partial charge in [0.25, 0.3) is 11.8 Å². The molecule has 0 fully saturated rings. The average Bonchev–Trinajstić information content (AvgIpc) is 3.33. The molecule has 0 radical (unpaired) electrons. The maximum absolute atomic E-state index is 12.8. The molecule has 1 amide bonds. The molecule has 8 nitrogen and oxygen atoms in total. The van der Waals surface area contributed by atoms with Crippen LogP contribution in [0.3, 0.4) is 0 Å². The fourth-order valence-electron chi connectivity index (χ4n) is 3.46. The first-order chi connectivity index (χ1) is 16.0. The molecule has 0 aliphatic heterocycles. The van der Waals surface area contributed by atoms with Gasteiger partial charge in [-0.05, 0) is 42.8 Å². The summed E-state index contributed by atoms with van der Waals surface area (Å²) in [6.07, 6.45) is 0. The molecular formula is C25H23N3O5. The predicted molar refractivity (Wildman–Crippen MR) is 124 cm³/mol. The lowest BCUT2D eigenvalue weighted by atomic mass is 10.1. The molecule has 0 saturated carbocycles. The van der Waals surface area contributed by atoms with Crippen LogP contribution in [0.15, 0.2) is 65.2 Å². The number of nitrogens with one attached hydrogen (secondary N) is 1. The average molecular weight is 445 g/mol. The van der Waals surface area contributed by atoms with E-state index in [1.54, 1.807) is 30.3 Å². The van der Waals surface area contributed by atoms with Gasteiger partial charge in [0.2, 0.25) is 11.6 Å². The highest BCUT2D eigenvalue weighted by molar-refractivity contribution is 6.06. The van der Waals surface area contributed by atoms with E-state index in [-0.39, 0.29) is 11.8 Å². The molecule has 0 unspecified atom stereocenters. The SMILES string of the molecule is COc1cc(-c2noc(-c3ccccc3NC(=O)c3ccccc3C)n2)cc(OC)c1OC. The highest BCUT2D eigenvalue weighted by Gasteiger charge is 2.20. The summed E-state index contributed by atoms with van der Waals surface area (Å²) in [5.41, 5.74) is 3.27. The number of carbonyl (C=O) groups is 1. The van der Waals surface area contributed by atoms with Gasteiger partial charge in [0.15, 0.2) is 11.5 Å². The Hall–Kier alpha value is -4.33. The fourth-order valence-corrected chi connectivity index (χ4v) is 3.46. The summed E-state index contributed by atoms with van der Waals surface area (Å²) >= 11 is 0. The molecule has 0 atom stereocenters. The fraction of sp³-hybridized carbons (Fsp3) is 0.160. The number of aromatic nitrogens is 2. The van der Waals surface area contributed by atoms with E-state index in [9.17, 15) is 4.79 Å². The normalized spacial score (nSPS) is 10.5. The zero-order valence-corrected chi connectivity index (χ0v) is 18.7. The van der Waals surface area contributed by atoms with E-state index in [1.807, 2.05) is 37.3 Å². The molecular weight excluding hydrogens is 422 g/mol. The topological polar surface area (TPSA) is 95.7 Å². The third kappa shape index (κ3) is 4.36. The number of amides is 1. The van der Waals surface area contributed by atoms with E-state index in [1.165, 1.54) is 21.3 Å². The van der Waals surface area contributed by atoms with Crippen molar-refractivity contribution in [3.05, 3.63) is 71.8 Å². The third-order valence-corrected chi connectivity index (χ3v) is 5.14. The summed E-state index contributed by atoms with van der Waals surface area (Å²) in [7, 11) is 4.61. The Morgan fingerprint density at radius 3 is 2.24 bits per heavy atom. The smallest absolute Gasteiger partial charge is 0.260 e. The first-order valence-electron chi connectivity index (χ1n) is 10.2. The van der Waals surface area contributed by atoms with Crippen LogP contribution in [-0.2, 0) is 0 Å². The number of methoxy groups -OCH3 is 3. The molecule has 8 heteroatoms. The van der Waals surface area contributed by atoms with Gasteiger partial charge < -0.3 is 24.1 Å². The Morgan fingerprint density at radius 2 is 1.58 bits per heavy atom. The van der Waals surface area contributed by atoms with Crippen molar-refractivity contribution >= 4 is 11.6 Å². The van der Waals surface area contributed by atoms with E-state index in [0.717, 1.165) is 5.56 Å². The van der Waals surface area contributed by atoms with E-state index in [4.69, 9.17) is 18.7 Å². The molecule has 3 aromatic carbocycles. The molecule has 33 heavy (non-hydrogen) atoms. The van der Waals surface area contributed by atoms with Gasteiger partial charge in [-0.2, -0.15) is 4.98 Å². The van der Waals surface area contributed by atoms with Gasteiger partial charge in [-0.25, -0.2) is 0 Å². The summed E-state index contributed by atoms with van der Waals surface area (Å²) in [5.74, 6) is 1.80. The Kier molecular flexibility index (Phi) is 6.26. The monoisotopic (exact) mass is 445 g/mol. The second-order valence-electron chi connectivity index (χ2n) is 7.15. The molecule has 1 heterocycles. The van der Waals surface area contributed by atoms with Crippen LogP contribution in [0.1, 0.15) is 15.9 Å². The first kappa shape index (κ1) is 21.9. The van der Waals surface area contributed by atoms with Gasteiger partial charge in [0.1, 0.15) is 0 Å². The summed E-state index contributed by atoms with van der Waals surface area (Å²) in [6.45, 7) is 1.89. The Morgan fingerprint density at radius 1 is 0.909 bits per heavy atom. The second kappa shape index (κ2) is 9.44. The lowest BCUT2D eigenvalue weighted by Crippen LogP contribution is -2.13. The maximum Gasteiger partial charge on any atom is 0.260 e. The molecule has 1 aromatic heterocycles. The zero-order chi connectivity index (χ0) is 23.4. The number of carbonyl (C=O) groups excluding carboxylic acids is 1. The van der Waals surface area contributed by atoms with Crippen molar-refractivity contribution in [1.82, 2.24) is 10.1 Å². The number of ether oxygens (including phenoxy) is 3. The molecule has 168 valence electrons. The number of anilines is 1. The quantitative estimate of drug-likeness (QED) is 0.428. The molecule has 0 spiro atoms. The van der Waals surface area contributed by atoms with Crippen LogP contribution in [0.5, 0.6) is 17.2 Å². The number of para-hydroxylation sites is 1. The number of hydrogen-bond donors (Lipinski definition) is 1. The van der Waals surface area contributed by atoms with Crippen molar-refractivity contribution in [3.8, 4) is 40.1 Å². The zero-order valence-electron chi connectivity index (χ0n) is 18.7. The van der Waals surface area contributed by atoms with Crippen molar-refractivity contribution in [1.29, 1.82) is 0 Å². The van der Waals surface area contributed by atoms with E-state index in [2.05, 4.69) is 15.5 Å². The van der Waals surface area contributed by atoms with Gasteiger partial charge >= 0.3 is 0 Å². The summed E-state index contributed by atoms with van der Waals surface area (Å²) in [6, 6.07) is 18.1. The number of benzene rings is 3. The Labute approximate surface area is 191 Å². The molecule has 0 saturated heterocycles. The van der Waals surface area contributed by atoms with Crippen LogP contribution in [0.2, 0.25) is 0 Å². The molecule has 4 aromatic rings. The van der Waals surface area contributed by atoms with Crippen molar-refractivity contribution in [2.75, 3.05) is 26.6 Å². The molecule has 1 N–H and O–H groups in total. The third-order valence-electron chi connectivity index (χ3n) is 5.14. The van der Waals surface area contributed by atoms with Gasteiger partial charge in [0, 0.05) is 11.1 Å². The van der Waals surface area contributed by atoms with Gasteiger partial charge in [-0.1, -0.05) is 35.5 Å². The van der Waals surface area contributed by atoms with Gasteiger partial charge in [0.05, 0.1) is 32.6 Å². The van der Waals surface area contributed by atoms with E-state index < -0.39 is 0 Å². The van der Waals surface area contributed by atoms with E-state index in [0.29, 0.717) is 45.5 Å². The maximum atomic E-state index is 12.8. The molecule has 0 bridgehead atoms. The van der Waals surface area contributed by atoms with Crippen LogP contribution in [0.4, 0.5) is 5.69 Å². The number of rotatable bonds is 7. The van der Waals surface area contributed by atoms with Crippen LogP contribution in [0.25, 0.3) is 22.8 Å². The highest BCUT2D eigenvalue weighted by atomic mass is 16.5. The lowest BCUT2D eigenvalue weighted by molar-refractivity contribution is 0.102. The Bertz CT molecular complexity index is 1270. The minimum Gasteiger partial charge on any atom is -0.493 e. The minimum absolute atomic E-state index is 0.218. The number of nitrogens with zero attached hydrogens (tertiary/aromatic N) is 2. The van der Waals surface area contributed by atoms with Crippen LogP contribution in [0, 0.1) is 6.92 Å². The summed E-state index contributed by atoms with van der Waals surface area (Å²) < 4.78 is 21.7. The van der Waals surface area contributed by atoms with Gasteiger partial charge in [-0.15, -0.1) is 0 Å². The molecule has 0 aliphatic rings. The largest absolute Gasteiger partial charge is 0.493 e. The minimum atomic E-state index is -0.218. The van der Waals surface area contributed by atoms with Crippen molar-refractivity contribution < 1.29 is 23.5 Å². The van der Waals surface area contributed by atoms with Crippen LogP contribution >= 0.6 is 0 Å². The van der Waals surface area contributed by atoms with E-state index >= 15 is 0 Å². The number of aryl methyl sites for hydroxylation is 1. The summed E-state index contributed by atoms with van der Waals surface area (Å²) in [4.78, 5) is 17.4. The molecule has 4 rings (SSSR count). The standard InChI is InChI=1S/C25H23N3O5/c1-15-9-5-6-10-17(15)24(29)26-19-12-8-7-11-18(19)25-27-23(28-33-25)16-13-20(30-2)22(32-4)21(14-16)31-3/h5-14H,1-4H3,(H,26,29). The number of hydrogen-bond acceptors (Lipinski definition) is 7. The van der Waals surface area contributed by atoms with Crippen molar-refractivity contribution in [2.45, 2.75) is 6.92 Å². The van der Waals surface area contributed by atoms with Crippen molar-refractivity contribution in [3.63, 3.8) is 0 Å². The summed E-state index contributed by atoms with van der Waals surface area (Å²) in [5, 5.41) is 7.05. The molecule has 0 aliphatic carbocycles. The van der Waals surface area contributed by atoms with Crippen LogP contribution in [-0.4, -0.2) is 37.4 Å². The van der Waals surface area contributed by atoms with Crippen molar-refractivity contribution in [2.24, 2.45) is 0 Å². The van der Waals surface area contributed by atoms with Crippen LogP contribution < -0.4 is 19.5 Å². The second-order valence-corrected chi connectivity index (χ2v) is 7.15. The Balaban J connectivity index is 1.68. The lowest BCUT2D eigenvalue weighted by Gasteiger charge is -2.12. The van der Waals surface area contributed by atoms with Gasteiger partial charge in [-0.3, -0.25) is 4.79 Å². The predicted octanol–water partition coefficient (Wildman–Crippen LogP) is 4.99. The highest BCUT2D eigenvalue weighted by Crippen LogP contribution is 2.41. The first-order valence-corrected chi connectivity index (χ1v) is 10.2.